The van der Waals surface area contributed by atoms with Gasteiger partial charge in [-0.25, -0.2) is 4.98 Å². The lowest BCUT2D eigenvalue weighted by atomic mass is 9.75. The van der Waals surface area contributed by atoms with Crippen LogP contribution in [-0.2, 0) is 18.7 Å². The Bertz CT molecular complexity index is 1640. The molecule has 4 heterocycles. The fourth-order valence-corrected chi connectivity index (χ4v) is 7.25. The Hall–Kier alpha value is -3.16. The molecule has 1 amide bonds. The van der Waals surface area contributed by atoms with Gasteiger partial charge in [-0.05, 0) is 93.5 Å². The lowest BCUT2D eigenvalue weighted by Crippen LogP contribution is -2.44. The summed E-state index contributed by atoms with van der Waals surface area (Å²) >= 11 is 0. The topological polar surface area (TPSA) is 89.3 Å². The lowest BCUT2D eigenvalue weighted by molar-refractivity contribution is 0.0398. The molecule has 0 spiro atoms. The first-order valence-electron chi connectivity index (χ1n) is 14.2. The Balaban J connectivity index is 1.30. The molecule has 4 aromatic rings. The molecule has 3 fully saturated rings. The number of carbonyl (C=O) groups is 1. The predicted octanol–water partition coefficient (Wildman–Crippen LogP) is 4.75. The van der Waals surface area contributed by atoms with E-state index in [9.17, 15) is 9.90 Å². The minimum Gasteiger partial charge on any atom is -0.385 e. The van der Waals surface area contributed by atoms with Crippen LogP contribution in [0.15, 0.2) is 36.4 Å². The summed E-state index contributed by atoms with van der Waals surface area (Å²) < 4.78 is 4.71. The highest BCUT2D eigenvalue weighted by atomic mass is 16.3. The molecule has 0 bridgehead atoms. The standard InChI is InChI=1S/C31H35N5O2/c1-17-3-6-19-14-26(35(25(19)11-17)15-18-4-5-18)29-33-24-13-21(12-23-27(24)34(29)10-9-31(23,2)38)30(37)36-16-20-7-8-22(20)28(36)32/h3,6,11-14,18,20,22,28,38H,4-5,7-10,15-16,32H2,1-2H3/t20?,22-,28?,31?/m1/s1. The summed E-state index contributed by atoms with van der Waals surface area (Å²) in [6.07, 6.45) is 5.18. The van der Waals surface area contributed by atoms with Crippen molar-refractivity contribution in [3.63, 3.8) is 0 Å². The first-order chi connectivity index (χ1) is 18.3. The van der Waals surface area contributed by atoms with Crippen molar-refractivity contribution in [1.29, 1.82) is 0 Å². The van der Waals surface area contributed by atoms with Crippen molar-refractivity contribution in [2.45, 2.75) is 70.8 Å². The van der Waals surface area contributed by atoms with Crippen LogP contribution < -0.4 is 5.73 Å². The van der Waals surface area contributed by atoms with Gasteiger partial charge >= 0.3 is 0 Å². The largest absolute Gasteiger partial charge is 0.385 e. The number of amides is 1. The molecule has 2 aliphatic carbocycles. The van der Waals surface area contributed by atoms with Gasteiger partial charge in [0.15, 0.2) is 5.82 Å². The monoisotopic (exact) mass is 509 g/mol. The Kier molecular flexibility index (Phi) is 4.62. The molecule has 3 N–H and O–H groups in total. The summed E-state index contributed by atoms with van der Waals surface area (Å²) in [4.78, 5) is 20.8. The molecule has 7 nitrogen and oxygen atoms in total. The number of fused-ring (bicyclic) bond motifs is 2. The molecule has 2 saturated carbocycles. The molecule has 7 heteroatoms. The molecular formula is C31H35N5O2. The van der Waals surface area contributed by atoms with Crippen LogP contribution >= 0.6 is 0 Å². The third kappa shape index (κ3) is 3.21. The van der Waals surface area contributed by atoms with E-state index in [0.29, 0.717) is 30.4 Å². The number of carbonyl (C=O) groups excluding carboxylic acids is 1. The number of likely N-dealkylation sites (tertiary alicyclic amines) is 1. The first-order valence-corrected chi connectivity index (χ1v) is 14.2. The molecular weight excluding hydrogens is 474 g/mol. The van der Waals surface area contributed by atoms with Gasteiger partial charge in [0.1, 0.15) is 0 Å². The fraction of sp³-hybridized carbons (Fsp3) is 0.484. The minimum absolute atomic E-state index is 0.0409. The first kappa shape index (κ1) is 22.8. The molecule has 4 aliphatic rings. The number of hydrogen-bond donors (Lipinski definition) is 2. The van der Waals surface area contributed by atoms with Gasteiger partial charge in [0.2, 0.25) is 0 Å². The number of nitrogens with two attached hydrogens (primary N) is 1. The molecule has 0 radical (unpaired) electrons. The maximum absolute atomic E-state index is 13.7. The molecule has 2 aliphatic heterocycles. The Morgan fingerprint density at radius 3 is 2.71 bits per heavy atom. The number of rotatable bonds is 4. The van der Waals surface area contributed by atoms with Crippen LogP contribution in [0.5, 0.6) is 0 Å². The molecule has 38 heavy (non-hydrogen) atoms. The highest BCUT2D eigenvalue weighted by molar-refractivity contribution is 6.00. The highest BCUT2D eigenvalue weighted by Gasteiger charge is 2.47. The van der Waals surface area contributed by atoms with Crippen molar-refractivity contribution < 1.29 is 9.90 Å². The molecule has 1 saturated heterocycles. The number of aromatic nitrogens is 3. The van der Waals surface area contributed by atoms with Crippen molar-refractivity contribution in [1.82, 2.24) is 19.0 Å². The molecule has 8 rings (SSSR count). The smallest absolute Gasteiger partial charge is 0.255 e. The Labute approximate surface area is 222 Å². The molecule has 4 atom stereocenters. The SMILES string of the molecule is Cc1ccc2cc(-c3nc4cc(C(=O)N5CC6CC[C@H]6C5N)cc5c4n3CCC5(C)O)n(CC3CC3)c2c1. The summed E-state index contributed by atoms with van der Waals surface area (Å²) in [5.41, 5.74) is 12.2. The van der Waals surface area contributed by atoms with Crippen LogP contribution in [-0.4, -0.2) is 42.7 Å². The molecule has 3 unspecified atom stereocenters. The van der Waals surface area contributed by atoms with Crippen LogP contribution in [0.4, 0.5) is 0 Å². The predicted molar refractivity (Wildman–Crippen MR) is 148 cm³/mol. The average molecular weight is 510 g/mol. The lowest BCUT2D eigenvalue weighted by Gasteiger charge is -2.32. The molecule has 2 aromatic carbocycles. The maximum atomic E-state index is 13.7. The molecule has 2 aromatic heterocycles. The number of nitrogens with zero attached hydrogens (tertiary/aromatic N) is 4. The van der Waals surface area contributed by atoms with E-state index in [0.717, 1.165) is 60.0 Å². The second kappa shape index (κ2) is 7.70. The van der Waals surface area contributed by atoms with E-state index < -0.39 is 5.60 Å². The number of aryl methyl sites for hydroxylation is 2. The van der Waals surface area contributed by atoms with Crippen molar-refractivity contribution in [3.8, 4) is 11.5 Å². The van der Waals surface area contributed by atoms with Crippen LogP contribution in [0.2, 0.25) is 0 Å². The van der Waals surface area contributed by atoms with Gasteiger partial charge in [0.25, 0.3) is 5.91 Å². The van der Waals surface area contributed by atoms with Crippen LogP contribution in [0, 0.1) is 24.7 Å². The van der Waals surface area contributed by atoms with E-state index in [1.807, 2.05) is 24.0 Å². The van der Waals surface area contributed by atoms with E-state index in [1.54, 1.807) is 0 Å². The number of imidazole rings is 1. The highest BCUT2D eigenvalue weighted by Crippen LogP contribution is 2.45. The molecule has 196 valence electrons. The van der Waals surface area contributed by atoms with E-state index in [1.165, 1.54) is 29.3 Å². The van der Waals surface area contributed by atoms with Gasteiger partial charge in [-0.2, -0.15) is 0 Å². The van der Waals surface area contributed by atoms with Crippen LogP contribution in [0.3, 0.4) is 0 Å². The zero-order valence-electron chi connectivity index (χ0n) is 22.2. The normalized spacial score (nSPS) is 28.2. The van der Waals surface area contributed by atoms with Gasteiger partial charge in [-0.15, -0.1) is 0 Å². The van der Waals surface area contributed by atoms with Gasteiger partial charge in [-0.3, -0.25) is 4.79 Å². The third-order valence-corrected chi connectivity index (χ3v) is 9.88. The maximum Gasteiger partial charge on any atom is 0.255 e. The third-order valence-electron chi connectivity index (χ3n) is 9.88. The van der Waals surface area contributed by atoms with Gasteiger partial charge < -0.3 is 24.9 Å². The number of benzene rings is 2. The summed E-state index contributed by atoms with van der Waals surface area (Å²) in [6, 6.07) is 12.7. The van der Waals surface area contributed by atoms with Crippen molar-refractivity contribution in [3.05, 3.63) is 53.1 Å². The van der Waals surface area contributed by atoms with Gasteiger partial charge in [-0.1, -0.05) is 12.1 Å². The van der Waals surface area contributed by atoms with Crippen LogP contribution in [0.25, 0.3) is 33.5 Å². The van der Waals surface area contributed by atoms with E-state index in [-0.39, 0.29) is 12.1 Å². The Morgan fingerprint density at radius 1 is 1.16 bits per heavy atom. The van der Waals surface area contributed by atoms with Crippen molar-refractivity contribution in [2.24, 2.45) is 23.5 Å². The van der Waals surface area contributed by atoms with E-state index in [2.05, 4.69) is 40.3 Å². The van der Waals surface area contributed by atoms with E-state index >= 15 is 0 Å². The average Bonchev–Trinajstić information content (AvgIpc) is 3.45. The zero-order chi connectivity index (χ0) is 25.9. The second-order valence-electron chi connectivity index (χ2n) is 12.6. The van der Waals surface area contributed by atoms with Crippen LogP contribution in [0.1, 0.15) is 60.5 Å². The minimum atomic E-state index is -1.02. The van der Waals surface area contributed by atoms with Crippen molar-refractivity contribution >= 4 is 27.8 Å². The fourth-order valence-electron chi connectivity index (χ4n) is 7.25. The quantitative estimate of drug-likeness (QED) is 0.415. The second-order valence-corrected chi connectivity index (χ2v) is 12.6. The number of aliphatic hydroxyl groups is 1. The summed E-state index contributed by atoms with van der Waals surface area (Å²) in [5.74, 6) is 2.55. The Morgan fingerprint density at radius 2 is 2.00 bits per heavy atom. The van der Waals surface area contributed by atoms with Crippen molar-refractivity contribution in [2.75, 3.05) is 6.54 Å². The van der Waals surface area contributed by atoms with Gasteiger partial charge in [0.05, 0.1) is 28.5 Å². The van der Waals surface area contributed by atoms with E-state index in [4.69, 9.17) is 10.7 Å². The summed E-state index contributed by atoms with van der Waals surface area (Å²) in [7, 11) is 0. The summed E-state index contributed by atoms with van der Waals surface area (Å²) in [5, 5.41) is 12.7. The number of hydrogen-bond acceptors (Lipinski definition) is 4. The summed E-state index contributed by atoms with van der Waals surface area (Å²) in [6.45, 7) is 6.42. The zero-order valence-corrected chi connectivity index (χ0v) is 22.2. The van der Waals surface area contributed by atoms with Gasteiger partial charge in [0, 0.05) is 41.7 Å².